The van der Waals surface area contributed by atoms with Gasteiger partial charge < -0.3 is 10.2 Å². The van der Waals surface area contributed by atoms with E-state index in [0.29, 0.717) is 10.9 Å². The summed E-state index contributed by atoms with van der Waals surface area (Å²) in [4.78, 5) is 10.6. The number of nitrogens with one attached hydrogen (secondary N) is 1. The fourth-order valence-corrected chi connectivity index (χ4v) is 2.89. The highest BCUT2D eigenvalue weighted by molar-refractivity contribution is 6.30. The summed E-state index contributed by atoms with van der Waals surface area (Å²) in [5.41, 5.74) is 1.13. The number of rotatable bonds is 4. The third-order valence-electron chi connectivity index (χ3n) is 4.42. The minimum absolute atomic E-state index is 0.231. The van der Waals surface area contributed by atoms with Gasteiger partial charge >= 0.3 is 0 Å². The minimum Gasteiger partial charge on any atom is -0.368 e. The number of hydrogen-bond donors (Lipinski definition) is 1. The van der Waals surface area contributed by atoms with Crippen LogP contribution in [0.15, 0.2) is 6.33 Å². The fraction of sp³-hybridized carbons (Fsp3) is 0.615. The van der Waals surface area contributed by atoms with E-state index in [9.17, 15) is 0 Å². The number of halogens is 1. The van der Waals surface area contributed by atoms with Gasteiger partial charge in [-0.05, 0) is 40.3 Å². The van der Waals surface area contributed by atoms with Gasteiger partial charge in [-0.15, -0.1) is 0 Å². The lowest BCUT2D eigenvalue weighted by Gasteiger charge is -2.47. The maximum Gasteiger partial charge on any atom is 0.255 e. The second-order valence-corrected chi connectivity index (χ2v) is 6.03. The van der Waals surface area contributed by atoms with Gasteiger partial charge in [0.25, 0.3) is 5.78 Å². The lowest BCUT2D eigenvalue weighted by atomic mass is 9.75. The molecule has 1 aliphatic rings. The van der Waals surface area contributed by atoms with Crippen molar-refractivity contribution < 1.29 is 0 Å². The normalized spacial score (nSPS) is 17.4. The second kappa shape index (κ2) is 4.86. The Morgan fingerprint density at radius 2 is 2.20 bits per heavy atom. The molecule has 0 saturated heterocycles. The molecule has 20 heavy (non-hydrogen) atoms. The van der Waals surface area contributed by atoms with Crippen LogP contribution in [0.5, 0.6) is 0 Å². The summed E-state index contributed by atoms with van der Waals surface area (Å²) in [7, 11) is 4.27. The lowest BCUT2D eigenvalue weighted by molar-refractivity contribution is 0.0738. The van der Waals surface area contributed by atoms with Crippen LogP contribution in [0.25, 0.3) is 5.78 Å². The standard InChI is InChI=1S/C13H19ClN6/c1-9-10(14)18-12-16-8-17-20(12)11(9)15-7-13(19(2)3)5-4-6-13/h8,15H,4-7H2,1-3H3. The summed E-state index contributed by atoms with van der Waals surface area (Å²) in [5.74, 6) is 1.40. The molecule has 1 saturated carbocycles. The molecule has 108 valence electrons. The molecule has 6 nitrogen and oxygen atoms in total. The molecule has 2 aromatic heterocycles. The summed E-state index contributed by atoms with van der Waals surface area (Å²) < 4.78 is 1.71. The van der Waals surface area contributed by atoms with Crippen molar-refractivity contribution in [1.82, 2.24) is 24.5 Å². The predicted molar refractivity (Wildman–Crippen MR) is 79.3 cm³/mol. The van der Waals surface area contributed by atoms with E-state index in [1.165, 1.54) is 25.6 Å². The Balaban J connectivity index is 1.91. The molecule has 3 rings (SSSR count). The summed E-state index contributed by atoms with van der Waals surface area (Å²) in [6.07, 6.45) is 5.21. The Hall–Kier alpha value is -1.40. The van der Waals surface area contributed by atoms with Crippen molar-refractivity contribution in [2.75, 3.05) is 26.0 Å². The molecule has 2 heterocycles. The van der Waals surface area contributed by atoms with Crippen molar-refractivity contribution in [3.63, 3.8) is 0 Å². The first kappa shape index (κ1) is 13.6. The van der Waals surface area contributed by atoms with Gasteiger partial charge in [-0.3, -0.25) is 0 Å². The Morgan fingerprint density at radius 3 is 2.80 bits per heavy atom. The van der Waals surface area contributed by atoms with Gasteiger partial charge in [-0.1, -0.05) is 11.6 Å². The van der Waals surface area contributed by atoms with Gasteiger partial charge in [0.1, 0.15) is 17.3 Å². The first-order valence-electron chi connectivity index (χ1n) is 6.81. The zero-order chi connectivity index (χ0) is 14.3. The van der Waals surface area contributed by atoms with Crippen LogP contribution in [0.4, 0.5) is 5.82 Å². The summed E-state index contributed by atoms with van der Waals surface area (Å²) >= 11 is 6.17. The summed E-state index contributed by atoms with van der Waals surface area (Å²) in [6.45, 7) is 2.82. The van der Waals surface area contributed by atoms with E-state index in [1.807, 2.05) is 6.92 Å². The molecule has 1 fully saturated rings. The lowest BCUT2D eigenvalue weighted by Crippen LogP contribution is -2.54. The van der Waals surface area contributed by atoms with Crippen LogP contribution in [0.1, 0.15) is 24.8 Å². The van der Waals surface area contributed by atoms with Crippen LogP contribution in [0.2, 0.25) is 5.15 Å². The number of aromatic nitrogens is 4. The van der Waals surface area contributed by atoms with Gasteiger partial charge in [-0.25, -0.2) is 0 Å². The quantitative estimate of drug-likeness (QED) is 0.874. The number of nitrogens with zero attached hydrogens (tertiary/aromatic N) is 5. The van der Waals surface area contributed by atoms with Gasteiger partial charge in [0.05, 0.1) is 0 Å². The summed E-state index contributed by atoms with van der Waals surface area (Å²) in [6, 6.07) is 0. The highest BCUT2D eigenvalue weighted by Gasteiger charge is 2.39. The molecule has 0 unspecified atom stereocenters. The molecular weight excluding hydrogens is 276 g/mol. The maximum absolute atomic E-state index is 6.17. The molecule has 1 N–H and O–H groups in total. The van der Waals surface area contributed by atoms with E-state index in [-0.39, 0.29) is 5.54 Å². The van der Waals surface area contributed by atoms with E-state index in [2.05, 4.69) is 39.4 Å². The smallest absolute Gasteiger partial charge is 0.255 e. The molecule has 0 amide bonds. The Morgan fingerprint density at radius 1 is 1.45 bits per heavy atom. The first-order valence-corrected chi connectivity index (χ1v) is 7.18. The molecule has 2 aromatic rings. The van der Waals surface area contributed by atoms with Crippen molar-refractivity contribution in [2.45, 2.75) is 31.7 Å². The molecule has 1 aliphatic carbocycles. The summed E-state index contributed by atoms with van der Waals surface area (Å²) in [5, 5.41) is 8.19. The van der Waals surface area contributed by atoms with E-state index < -0.39 is 0 Å². The average molecular weight is 295 g/mol. The molecule has 0 bridgehead atoms. The highest BCUT2D eigenvalue weighted by atomic mass is 35.5. The minimum atomic E-state index is 0.231. The SMILES string of the molecule is Cc1c(Cl)nc2ncnn2c1NCC1(N(C)C)CCC1. The third-order valence-corrected chi connectivity index (χ3v) is 4.79. The van der Waals surface area contributed by atoms with Gasteiger partial charge in [-0.2, -0.15) is 19.6 Å². The van der Waals surface area contributed by atoms with Crippen LogP contribution < -0.4 is 5.32 Å². The van der Waals surface area contributed by atoms with Crippen molar-refractivity contribution in [3.8, 4) is 0 Å². The van der Waals surface area contributed by atoms with Crippen molar-refractivity contribution in [3.05, 3.63) is 17.0 Å². The molecule has 0 atom stereocenters. The van der Waals surface area contributed by atoms with Crippen molar-refractivity contribution >= 4 is 23.2 Å². The van der Waals surface area contributed by atoms with Crippen molar-refractivity contribution in [2.24, 2.45) is 0 Å². The predicted octanol–water partition coefficient (Wildman–Crippen LogP) is 1.98. The number of fused-ring (bicyclic) bond motifs is 1. The molecule has 0 spiro atoms. The largest absolute Gasteiger partial charge is 0.368 e. The van der Waals surface area contributed by atoms with Gasteiger partial charge in [0.2, 0.25) is 0 Å². The third kappa shape index (κ3) is 2.03. The van der Waals surface area contributed by atoms with E-state index in [1.54, 1.807) is 4.52 Å². The van der Waals surface area contributed by atoms with E-state index >= 15 is 0 Å². The van der Waals surface area contributed by atoms with E-state index in [4.69, 9.17) is 11.6 Å². The van der Waals surface area contributed by atoms with Crippen LogP contribution >= 0.6 is 11.6 Å². The Labute approximate surface area is 123 Å². The molecule has 0 aromatic carbocycles. The van der Waals surface area contributed by atoms with Crippen LogP contribution in [-0.4, -0.2) is 50.7 Å². The molecule has 7 heteroatoms. The highest BCUT2D eigenvalue weighted by Crippen LogP contribution is 2.36. The molecule has 0 radical (unpaired) electrons. The molecular formula is C13H19ClN6. The van der Waals surface area contributed by atoms with Crippen LogP contribution in [0, 0.1) is 6.92 Å². The average Bonchev–Trinajstić information content (AvgIpc) is 2.79. The number of hydrogen-bond acceptors (Lipinski definition) is 5. The number of likely N-dealkylation sites (N-methyl/N-ethyl adjacent to an activating group) is 1. The zero-order valence-electron chi connectivity index (χ0n) is 12.0. The van der Waals surface area contributed by atoms with Crippen LogP contribution in [-0.2, 0) is 0 Å². The van der Waals surface area contributed by atoms with Gasteiger partial charge in [0.15, 0.2) is 0 Å². The number of anilines is 1. The topological polar surface area (TPSA) is 58.4 Å². The fourth-order valence-electron chi connectivity index (χ4n) is 2.72. The second-order valence-electron chi connectivity index (χ2n) is 5.67. The molecule has 0 aliphatic heterocycles. The monoisotopic (exact) mass is 294 g/mol. The van der Waals surface area contributed by atoms with Crippen molar-refractivity contribution in [1.29, 1.82) is 0 Å². The maximum atomic E-state index is 6.17. The zero-order valence-corrected chi connectivity index (χ0v) is 12.8. The Bertz CT molecular complexity index is 631. The van der Waals surface area contributed by atoms with Crippen LogP contribution in [0.3, 0.4) is 0 Å². The van der Waals surface area contributed by atoms with E-state index in [0.717, 1.165) is 17.9 Å². The Kier molecular flexibility index (Phi) is 3.30. The van der Waals surface area contributed by atoms with Gasteiger partial charge in [0, 0.05) is 17.6 Å². The first-order chi connectivity index (χ1) is 9.53.